The lowest BCUT2D eigenvalue weighted by atomic mass is 10.1. The van der Waals surface area contributed by atoms with E-state index in [1.54, 1.807) is 0 Å². The van der Waals surface area contributed by atoms with Crippen molar-refractivity contribution >= 4 is 35.8 Å². The zero-order valence-corrected chi connectivity index (χ0v) is 20.1. The molecule has 0 radical (unpaired) electrons. The molecule has 6 amide bonds. The average Bonchev–Trinajstić information content (AvgIpc) is 3.18. The molecule has 0 aliphatic carbocycles. The van der Waals surface area contributed by atoms with E-state index in [1.807, 2.05) is 0 Å². The van der Waals surface area contributed by atoms with Gasteiger partial charge in [0.15, 0.2) is 6.79 Å². The van der Waals surface area contributed by atoms with Crippen LogP contribution in [-0.4, -0.2) is 105 Å². The predicted molar refractivity (Wildman–Crippen MR) is 122 cm³/mol. The fourth-order valence-electron chi connectivity index (χ4n) is 2.88. The molecule has 1 heterocycles. The zero-order valence-electron chi connectivity index (χ0n) is 20.1. The molecule has 0 fully saturated rings. The van der Waals surface area contributed by atoms with Gasteiger partial charge in [-0.05, 0) is 19.3 Å². The Morgan fingerprint density at radius 2 is 1.64 bits per heavy atom. The van der Waals surface area contributed by atoms with Crippen LogP contribution in [0.4, 0.5) is 9.59 Å². The third-order valence-corrected chi connectivity index (χ3v) is 4.64. The Morgan fingerprint density at radius 3 is 2.31 bits per heavy atom. The number of carbonyl (C=O) groups excluding carboxylic acids is 6. The van der Waals surface area contributed by atoms with Gasteiger partial charge in [-0.15, -0.1) is 0 Å². The van der Waals surface area contributed by atoms with Gasteiger partial charge in [-0.3, -0.25) is 24.1 Å². The highest BCUT2D eigenvalue weighted by molar-refractivity contribution is 6.13. The van der Waals surface area contributed by atoms with Gasteiger partial charge in [-0.25, -0.2) is 9.59 Å². The number of methoxy groups -OCH3 is 1. The highest BCUT2D eigenvalue weighted by Crippen LogP contribution is 2.04. The minimum absolute atomic E-state index is 0.0518. The van der Waals surface area contributed by atoms with Crippen molar-refractivity contribution in [1.29, 1.82) is 0 Å². The first-order valence-electron chi connectivity index (χ1n) is 11.3. The van der Waals surface area contributed by atoms with E-state index in [1.165, 1.54) is 7.11 Å². The highest BCUT2D eigenvalue weighted by atomic mass is 16.7. The minimum atomic E-state index is -0.952. The summed E-state index contributed by atoms with van der Waals surface area (Å²) in [7, 11) is 1.38. The van der Waals surface area contributed by atoms with Gasteiger partial charge in [-0.1, -0.05) is 0 Å². The first-order chi connectivity index (χ1) is 17.3. The summed E-state index contributed by atoms with van der Waals surface area (Å²) >= 11 is 0. The number of nitrogens with zero attached hydrogens (tertiary/aromatic N) is 1. The molecule has 0 aromatic rings. The van der Waals surface area contributed by atoms with Crippen molar-refractivity contribution < 1.29 is 48.1 Å². The molecular formula is C21H33N5O10. The quantitative estimate of drug-likeness (QED) is 0.0829. The van der Waals surface area contributed by atoms with Crippen molar-refractivity contribution in [2.75, 3.05) is 53.3 Å². The average molecular weight is 516 g/mol. The van der Waals surface area contributed by atoms with Crippen LogP contribution in [0.1, 0.15) is 25.7 Å². The van der Waals surface area contributed by atoms with Crippen molar-refractivity contribution in [3.8, 4) is 0 Å². The number of carbonyl (C=O) groups is 6. The van der Waals surface area contributed by atoms with E-state index < -0.39 is 41.9 Å². The van der Waals surface area contributed by atoms with Crippen molar-refractivity contribution in [2.45, 2.75) is 31.7 Å². The first-order valence-corrected chi connectivity index (χ1v) is 11.3. The number of alkyl carbamates (subject to hydrolysis) is 2. The normalized spacial score (nSPS) is 13.2. The lowest BCUT2D eigenvalue weighted by Gasteiger charge is -2.18. The summed E-state index contributed by atoms with van der Waals surface area (Å²) < 4.78 is 14.0. The zero-order chi connectivity index (χ0) is 26.8. The van der Waals surface area contributed by atoms with Gasteiger partial charge in [0.05, 0.1) is 6.61 Å². The molecule has 0 bridgehead atoms. The predicted octanol–water partition coefficient (Wildman–Crippen LogP) is -1.88. The number of hydrogen-bond donors (Lipinski definition) is 5. The summed E-state index contributed by atoms with van der Waals surface area (Å²) in [6, 6.07) is -0.952. The standard InChI is InChI=1S/C21H33N5O10/c1-34-14-36-20(32)24-8-3-2-4-15(25-21(33)35-13-12-27)19(31)23-10-9-22-16(28)7-11-26-17(29)5-6-18(26)30/h5-6,15,27H,2-4,7-14H2,1H3,(H,22,28)(H,23,31)(H,24,32)(H,25,33). The van der Waals surface area contributed by atoms with Gasteiger partial charge < -0.3 is 40.6 Å². The number of amides is 6. The SMILES string of the molecule is COCOC(=O)NCCCCC(NC(=O)OCCO)C(=O)NCCNC(=O)CCN1C(=O)C=CC1=O. The Bertz CT molecular complexity index is 786. The Hall–Kier alpha value is -3.72. The molecule has 1 rings (SSSR count). The Balaban J connectivity index is 2.36. The molecule has 5 N–H and O–H groups in total. The molecule has 0 aromatic heterocycles. The molecule has 1 aliphatic rings. The fraction of sp³-hybridized carbons (Fsp3) is 0.619. The van der Waals surface area contributed by atoms with Crippen molar-refractivity contribution in [3.63, 3.8) is 0 Å². The second-order valence-corrected chi connectivity index (χ2v) is 7.37. The molecule has 202 valence electrons. The summed E-state index contributed by atoms with van der Waals surface area (Å²) in [4.78, 5) is 71.5. The molecule has 0 aromatic carbocycles. The van der Waals surface area contributed by atoms with Crippen LogP contribution in [-0.2, 0) is 33.4 Å². The van der Waals surface area contributed by atoms with Gasteiger partial charge in [0.25, 0.3) is 11.8 Å². The van der Waals surface area contributed by atoms with E-state index in [9.17, 15) is 28.8 Å². The monoisotopic (exact) mass is 515 g/mol. The Kier molecular flexibility index (Phi) is 14.9. The molecule has 15 heteroatoms. The van der Waals surface area contributed by atoms with Crippen molar-refractivity contribution in [1.82, 2.24) is 26.2 Å². The number of hydrogen-bond acceptors (Lipinski definition) is 10. The van der Waals surface area contributed by atoms with E-state index in [-0.39, 0.29) is 59.0 Å². The van der Waals surface area contributed by atoms with Crippen molar-refractivity contribution in [2.24, 2.45) is 0 Å². The lowest BCUT2D eigenvalue weighted by molar-refractivity contribution is -0.137. The second kappa shape index (κ2) is 17.7. The molecule has 0 spiro atoms. The molecule has 0 saturated carbocycles. The van der Waals surface area contributed by atoms with Crippen LogP contribution in [0.15, 0.2) is 12.2 Å². The van der Waals surface area contributed by atoms with Crippen LogP contribution in [0.3, 0.4) is 0 Å². The van der Waals surface area contributed by atoms with Crippen LogP contribution in [0, 0.1) is 0 Å². The molecule has 36 heavy (non-hydrogen) atoms. The topological polar surface area (TPSA) is 202 Å². The van der Waals surface area contributed by atoms with Gasteiger partial charge in [0.1, 0.15) is 12.6 Å². The molecule has 1 atom stereocenters. The molecule has 1 aliphatic heterocycles. The highest BCUT2D eigenvalue weighted by Gasteiger charge is 2.24. The summed E-state index contributed by atoms with van der Waals surface area (Å²) in [5.74, 6) is -1.87. The largest absolute Gasteiger partial charge is 0.447 e. The Morgan fingerprint density at radius 1 is 0.944 bits per heavy atom. The molecule has 1 unspecified atom stereocenters. The molecular weight excluding hydrogens is 482 g/mol. The smallest absolute Gasteiger partial charge is 0.409 e. The van der Waals surface area contributed by atoms with Crippen LogP contribution in [0.5, 0.6) is 0 Å². The van der Waals surface area contributed by atoms with Crippen molar-refractivity contribution in [3.05, 3.63) is 12.2 Å². The van der Waals surface area contributed by atoms with E-state index in [0.717, 1.165) is 17.1 Å². The maximum absolute atomic E-state index is 12.5. The number of aliphatic hydroxyl groups is 1. The molecule has 15 nitrogen and oxygen atoms in total. The summed E-state index contributed by atoms with van der Waals surface area (Å²) in [5, 5.41) is 18.8. The number of rotatable bonds is 17. The fourth-order valence-corrected chi connectivity index (χ4v) is 2.88. The van der Waals surface area contributed by atoms with Gasteiger partial charge in [0.2, 0.25) is 11.8 Å². The van der Waals surface area contributed by atoms with Gasteiger partial charge in [0, 0.05) is 51.9 Å². The van der Waals surface area contributed by atoms with Crippen LogP contribution >= 0.6 is 0 Å². The number of aliphatic hydroxyl groups excluding tert-OH is 1. The maximum Gasteiger partial charge on any atom is 0.409 e. The van der Waals surface area contributed by atoms with Crippen LogP contribution < -0.4 is 21.3 Å². The first kappa shape index (κ1) is 30.3. The summed E-state index contributed by atoms with van der Waals surface area (Å²) in [6.07, 6.45) is 1.85. The van der Waals surface area contributed by atoms with Gasteiger partial charge >= 0.3 is 12.2 Å². The number of imide groups is 1. The Labute approximate surface area is 207 Å². The van der Waals surface area contributed by atoms with E-state index in [0.29, 0.717) is 12.8 Å². The maximum atomic E-state index is 12.5. The van der Waals surface area contributed by atoms with E-state index >= 15 is 0 Å². The number of nitrogens with one attached hydrogen (secondary N) is 4. The molecule has 0 saturated heterocycles. The lowest BCUT2D eigenvalue weighted by Crippen LogP contribution is -2.48. The summed E-state index contributed by atoms with van der Waals surface area (Å²) in [6.45, 7) is -0.407. The van der Waals surface area contributed by atoms with Crippen LogP contribution in [0.25, 0.3) is 0 Å². The third-order valence-electron chi connectivity index (χ3n) is 4.64. The summed E-state index contributed by atoms with van der Waals surface area (Å²) in [5.41, 5.74) is 0. The van der Waals surface area contributed by atoms with E-state index in [4.69, 9.17) is 9.84 Å². The third kappa shape index (κ3) is 12.7. The number of unbranched alkanes of at least 4 members (excludes halogenated alkanes) is 1. The number of ether oxygens (including phenoxy) is 3. The van der Waals surface area contributed by atoms with E-state index in [2.05, 4.69) is 30.7 Å². The minimum Gasteiger partial charge on any atom is -0.447 e. The second-order valence-electron chi connectivity index (χ2n) is 7.37. The van der Waals surface area contributed by atoms with Gasteiger partial charge in [-0.2, -0.15) is 0 Å². The van der Waals surface area contributed by atoms with Crippen LogP contribution in [0.2, 0.25) is 0 Å².